The highest BCUT2D eigenvalue weighted by molar-refractivity contribution is 5.76. The highest BCUT2D eigenvalue weighted by atomic mass is 16.3. The average molecular weight is 184 g/mol. The Morgan fingerprint density at radius 2 is 2.31 bits per heavy atom. The van der Waals surface area contributed by atoms with Gasteiger partial charge >= 0.3 is 0 Å². The summed E-state index contributed by atoms with van der Waals surface area (Å²) in [5.41, 5.74) is 0. The van der Waals surface area contributed by atoms with Crippen molar-refractivity contribution in [3.63, 3.8) is 0 Å². The summed E-state index contributed by atoms with van der Waals surface area (Å²) in [6.45, 7) is 1.47. The van der Waals surface area contributed by atoms with Crippen LogP contribution in [0.15, 0.2) is 0 Å². The average Bonchev–Trinajstić information content (AvgIpc) is 2.52. The van der Waals surface area contributed by atoms with Gasteiger partial charge in [0.25, 0.3) is 0 Å². The van der Waals surface area contributed by atoms with E-state index in [0.717, 1.165) is 19.4 Å². The van der Waals surface area contributed by atoms with Crippen LogP contribution in [0.3, 0.4) is 0 Å². The zero-order valence-electron chi connectivity index (χ0n) is 7.62. The summed E-state index contributed by atoms with van der Waals surface area (Å²) >= 11 is 0. The Morgan fingerprint density at radius 1 is 1.46 bits per heavy atom. The zero-order chi connectivity index (χ0) is 9.26. The van der Waals surface area contributed by atoms with E-state index in [2.05, 4.69) is 10.6 Å². The van der Waals surface area contributed by atoms with Gasteiger partial charge in [0, 0.05) is 25.6 Å². The smallest absolute Gasteiger partial charge is 0.220 e. The Kier molecular flexibility index (Phi) is 2.51. The quantitative estimate of drug-likeness (QED) is 0.502. The molecule has 0 unspecified atom stereocenters. The van der Waals surface area contributed by atoms with Crippen LogP contribution < -0.4 is 10.6 Å². The van der Waals surface area contributed by atoms with Gasteiger partial charge in [-0.1, -0.05) is 0 Å². The van der Waals surface area contributed by atoms with Crippen LogP contribution in [0.25, 0.3) is 0 Å². The lowest BCUT2D eigenvalue weighted by Crippen LogP contribution is -2.41. The molecule has 2 aliphatic rings. The Balaban J connectivity index is 1.89. The molecule has 1 amide bonds. The number of carbonyl (C=O) groups is 1. The van der Waals surface area contributed by atoms with E-state index in [4.69, 9.17) is 0 Å². The fraction of sp³-hybridized carbons (Fsp3) is 0.889. The van der Waals surface area contributed by atoms with Gasteiger partial charge in [-0.15, -0.1) is 0 Å². The molecule has 0 aromatic rings. The molecule has 4 heteroatoms. The lowest BCUT2D eigenvalue weighted by Gasteiger charge is -2.27. The second-order valence-electron chi connectivity index (χ2n) is 4.01. The molecule has 74 valence electrons. The molecule has 0 aliphatic carbocycles. The molecule has 3 atom stereocenters. The summed E-state index contributed by atoms with van der Waals surface area (Å²) in [6.07, 6.45) is 2.24. The maximum absolute atomic E-state index is 11.1. The molecule has 0 radical (unpaired) electrons. The normalized spacial score (nSPS) is 40.4. The van der Waals surface area contributed by atoms with E-state index >= 15 is 0 Å². The van der Waals surface area contributed by atoms with Crippen molar-refractivity contribution in [3.05, 3.63) is 0 Å². The Hall–Kier alpha value is -0.610. The van der Waals surface area contributed by atoms with E-state index in [1.54, 1.807) is 0 Å². The second kappa shape index (κ2) is 3.64. The molecule has 2 heterocycles. The number of rotatable bonds is 1. The molecule has 0 aromatic heterocycles. The van der Waals surface area contributed by atoms with Gasteiger partial charge < -0.3 is 15.7 Å². The van der Waals surface area contributed by atoms with Gasteiger partial charge in [-0.2, -0.15) is 0 Å². The number of aliphatic hydroxyl groups is 1. The van der Waals surface area contributed by atoms with E-state index in [9.17, 15) is 9.90 Å². The van der Waals surface area contributed by atoms with Gasteiger partial charge in [-0.3, -0.25) is 4.79 Å². The molecule has 0 bridgehead atoms. The van der Waals surface area contributed by atoms with Crippen LogP contribution in [0.1, 0.15) is 19.3 Å². The highest BCUT2D eigenvalue weighted by Crippen LogP contribution is 2.23. The van der Waals surface area contributed by atoms with Crippen LogP contribution in [0.4, 0.5) is 0 Å². The second-order valence-corrected chi connectivity index (χ2v) is 4.01. The maximum atomic E-state index is 11.1. The monoisotopic (exact) mass is 184 g/mol. The van der Waals surface area contributed by atoms with Crippen LogP contribution in [-0.4, -0.2) is 36.2 Å². The fourth-order valence-corrected chi connectivity index (χ4v) is 2.26. The summed E-state index contributed by atoms with van der Waals surface area (Å²) in [6, 6.07) is 0.348. The standard InChI is InChI=1S/C9H16N2O2/c12-7-4-8(11-5-7)6-1-2-10-9(13)3-6/h6-8,11-12H,1-5H2,(H,10,13)/t6-,7-,8+/m1/s1. The van der Waals surface area contributed by atoms with Crippen molar-refractivity contribution in [1.82, 2.24) is 10.6 Å². The number of hydrogen-bond donors (Lipinski definition) is 3. The first-order chi connectivity index (χ1) is 6.25. The minimum Gasteiger partial charge on any atom is -0.392 e. The van der Waals surface area contributed by atoms with Crippen molar-refractivity contribution >= 4 is 5.91 Å². The van der Waals surface area contributed by atoms with Gasteiger partial charge in [-0.25, -0.2) is 0 Å². The Labute approximate surface area is 77.7 Å². The topological polar surface area (TPSA) is 61.4 Å². The molecule has 0 spiro atoms. The lowest BCUT2D eigenvalue weighted by molar-refractivity contribution is -0.123. The SMILES string of the molecule is O=C1C[C@H]([C@@H]2C[C@@H](O)CN2)CCN1. The van der Waals surface area contributed by atoms with Crippen molar-refractivity contribution in [1.29, 1.82) is 0 Å². The number of aliphatic hydroxyl groups excluding tert-OH is 1. The minimum atomic E-state index is -0.213. The first-order valence-electron chi connectivity index (χ1n) is 4.94. The Bertz CT molecular complexity index is 208. The zero-order valence-corrected chi connectivity index (χ0v) is 7.62. The maximum Gasteiger partial charge on any atom is 0.220 e. The Morgan fingerprint density at radius 3 is 2.92 bits per heavy atom. The van der Waals surface area contributed by atoms with Gasteiger partial charge in [0.15, 0.2) is 0 Å². The molecule has 2 fully saturated rings. The molecule has 3 N–H and O–H groups in total. The van der Waals surface area contributed by atoms with Crippen molar-refractivity contribution < 1.29 is 9.90 Å². The van der Waals surface area contributed by atoms with Crippen LogP contribution >= 0.6 is 0 Å². The van der Waals surface area contributed by atoms with Gasteiger partial charge in [-0.05, 0) is 18.8 Å². The van der Waals surface area contributed by atoms with Crippen molar-refractivity contribution in [2.24, 2.45) is 5.92 Å². The van der Waals surface area contributed by atoms with Crippen molar-refractivity contribution in [2.45, 2.75) is 31.4 Å². The molecule has 4 nitrogen and oxygen atoms in total. The van der Waals surface area contributed by atoms with E-state index in [1.165, 1.54) is 0 Å². The summed E-state index contributed by atoms with van der Waals surface area (Å²) in [5.74, 6) is 0.574. The third-order valence-corrected chi connectivity index (χ3v) is 3.00. The summed E-state index contributed by atoms with van der Waals surface area (Å²) in [4.78, 5) is 11.1. The molecular formula is C9H16N2O2. The summed E-state index contributed by atoms with van der Waals surface area (Å²) in [5, 5.41) is 15.4. The lowest BCUT2D eigenvalue weighted by atomic mass is 9.89. The molecule has 2 rings (SSSR count). The number of β-amino-alcohol motifs (C(OH)–C–C–N with tert-alkyl or cyclic N) is 1. The first-order valence-corrected chi connectivity index (χ1v) is 4.94. The minimum absolute atomic E-state index is 0.152. The van der Waals surface area contributed by atoms with E-state index in [1.807, 2.05) is 0 Å². The van der Waals surface area contributed by atoms with Crippen LogP contribution in [0.2, 0.25) is 0 Å². The largest absolute Gasteiger partial charge is 0.392 e. The molecular weight excluding hydrogens is 168 g/mol. The number of amides is 1. The van der Waals surface area contributed by atoms with Crippen molar-refractivity contribution in [2.75, 3.05) is 13.1 Å². The van der Waals surface area contributed by atoms with Gasteiger partial charge in [0.2, 0.25) is 5.91 Å². The first kappa shape index (κ1) is 8.97. The van der Waals surface area contributed by atoms with E-state index in [0.29, 0.717) is 24.9 Å². The summed E-state index contributed by atoms with van der Waals surface area (Å²) < 4.78 is 0. The van der Waals surface area contributed by atoms with Crippen LogP contribution in [-0.2, 0) is 4.79 Å². The van der Waals surface area contributed by atoms with Crippen molar-refractivity contribution in [3.8, 4) is 0 Å². The fourth-order valence-electron chi connectivity index (χ4n) is 2.26. The van der Waals surface area contributed by atoms with Crippen LogP contribution in [0, 0.1) is 5.92 Å². The van der Waals surface area contributed by atoms with Crippen LogP contribution in [0.5, 0.6) is 0 Å². The predicted octanol–water partition coefficient (Wildman–Crippen LogP) is -0.765. The number of nitrogens with one attached hydrogen (secondary N) is 2. The highest BCUT2D eigenvalue weighted by Gasteiger charge is 2.32. The molecule has 0 saturated carbocycles. The molecule has 0 aromatic carbocycles. The molecule has 2 aliphatic heterocycles. The van der Waals surface area contributed by atoms with E-state index in [-0.39, 0.29) is 12.0 Å². The summed E-state index contributed by atoms with van der Waals surface area (Å²) in [7, 11) is 0. The number of piperidine rings is 1. The third kappa shape index (κ3) is 2.00. The number of hydrogen-bond acceptors (Lipinski definition) is 3. The molecule has 13 heavy (non-hydrogen) atoms. The van der Waals surface area contributed by atoms with E-state index < -0.39 is 0 Å². The molecule has 2 saturated heterocycles. The van der Waals surface area contributed by atoms with Gasteiger partial charge in [0.1, 0.15) is 0 Å². The number of carbonyl (C=O) groups excluding carboxylic acids is 1. The predicted molar refractivity (Wildman–Crippen MR) is 48.1 cm³/mol. The third-order valence-electron chi connectivity index (χ3n) is 3.00. The van der Waals surface area contributed by atoms with Gasteiger partial charge in [0.05, 0.1) is 6.10 Å².